The number of carbonyl (C=O) groups excluding carboxylic acids is 1. The molecule has 0 saturated carbocycles. The van der Waals surface area contributed by atoms with Gasteiger partial charge in [-0.05, 0) is 24.3 Å². The van der Waals surface area contributed by atoms with Crippen molar-refractivity contribution < 1.29 is 18.9 Å². The largest absolute Gasteiger partial charge is 0.483 e. The van der Waals surface area contributed by atoms with Crippen LogP contribution in [-0.2, 0) is 4.79 Å². The molecule has 164 valence electrons. The number of carbonyl (C=O) groups is 1. The van der Waals surface area contributed by atoms with Crippen molar-refractivity contribution in [3.63, 3.8) is 0 Å². The summed E-state index contributed by atoms with van der Waals surface area (Å²) in [7, 11) is 0. The predicted molar refractivity (Wildman–Crippen MR) is 123 cm³/mol. The smallest absolute Gasteiger partial charge is 0.270 e. The summed E-state index contributed by atoms with van der Waals surface area (Å²) in [6, 6.07) is 9.45. The fraction of sp³-hybridized carbons (Fsp3) is 0.0476. The fourth-order valence-electron chi connectivity index (χ4n) is 2.71. The molecule has 10 nitrogen and oxygen atoms in total. The molecule has 4 rings (SSSR count). The number of thiazole rings is 2. The van der Waals surface area contributed by atoms with E-state index >= 15 is 0 Å². The van der Waals surface area contributed by atoms with E-state index in [2.05, 4.69) is 21.4 Å². The first kappa shape index (κ1) is 21.9. The van der Waals surface area contributed by atoms with Crippen LogP contribution < -0.4 is 10.1 Å². The van der Waals surface area contributed by atoms with Gasteiger partial charge in [0.2, 0.25) is 0 Å². The number of nitro groups is 1. The number of amides is 1. The number of nitrogens with zero attached hydrogens (tertiary/aromatic N) is 4. The van der Waals surface area contributed by atoms with Gasteiger partial charge in [-0.2, -0.15) is 5.26 Å². The molecule has 3 aromatic heterocycles. The van der Waals surface area contributed by atoms with Gasteiger partial charge in [-0.15, -0.1) is 22.7 Å². The summed E-state index contributed by atoms with van der Waals surface area (Å²) >= 11 is 2.49. The molecule has 0 spiro atoms. The number of aromatic nitrogens is 2. The number of nitro benzene ring substituents is 1. The summed E-state index contributed by atoms with van der Waals surface area (Å²) in [5, 5.41) is 27.8. The quantitative estimate of drug-likeness (QED) is 0.214. The van der Waals surface area contributed by atoms with E-state index in [1.165, 1.54) is 53.2 Å². The fourth-order valence-corrected chi connectivity index (χ4v) is 4.03. The molecule has 0 fully saturated rings. The number of nitrogens with one attached hydrogen (secondary N) is 1. The first-order valence-corrected chi connectivity index (χ1v) is 11.0. The zero-order valence-electron chi connectivity index (χ0n) is 16.6. The predicted octanol–water partition coefficient (Wildman–Crippen LogP) is 4.85. The van der Waals surface area contributed by atoms with E-state index in [0.29, 0.717) is 21.6 Å². The van der Waals surface area contributed by atoms with Gasteiger partial charge in [0.25, 0.3) is 11.6 Å². The lowest BCUT2D eigenvalue weighted by Gasteiger charge is -2.09. The van der Waals surface area contributed by atoms with Crippen molar-refractivity contribution in [3.05, 3.63) is 74.2 Å². The third-order valence-electron chi connectivity index (χ3n) is 4.17. The standard InChI is InChI=1S/C21H13N5O5S2/c22-10-14(20-24-16(12-33-20)18-2-1-6-30-18)8-13-9-15(26(28)29)3-4-17(13)31-11-19(27)25-21-23-5-7-32-21/h1-9,12H,11H2,(H,23,25,27)/b14-8+. The molecule has 0 atom stereocenters. The van der Waals surface area contributed by atoms with Gasteiger partial charge in [-0.3, -0.25) is 20.2 Å². The molecule has 0 unspecified atom stereocenters. The van der Waals surface area contributed by atoms with Crippen molar-refractivity contribution in [1.82, 2.24) is 9.97 Å². The minimum absolute atomic E-state index is 0.176. The summed E-state index contributed by atoms with van der Waals surface area (Å²) in [4.78, 5) is 31.2. The monoisotopic (exact) mass is 479 g/mol. The van der Waals surface area contributed by atoms with Crippen LogP contribution in [0, 0.1) is 21.4 Å². The number of ether oxygens (including phenoxy) is 1. The number of hydrogen-bond donors (Lipinski definition) is 1. The molecule has 0 aliphatic carbocycles. The van der Waals surface area contributed by atoms with Crippen molar-refractivity contribution in [2.75, 3.05) is 11.9 Å². The molecule has 0 aliphatic rings. The van der Waals surface area contributed by atoms with Crippen LogP contribution in [0.5, 0.6) is 5.75 Å². The normalized spacial score (nSPS) is 11.1. The van der Waals surface area contributed by atoms with Crippen LogP contribution in [0.4, 0.5) is 10.8 Å². The third kappa shape index (κ3) is 5.29. The second-order valence-corrected chi connectivity index (χ2v) is 8.09. The lowest BCUT2D eigenvalue weighted by molar-refractivity contribution is -0.384. The van der Waals surface area contributed by atoms with E-state index in [0.717, 1.165) is 0 Å². The molecule has 33 heavy (non-hydrogen) atoms. The highest BCUT2D eigenvalue weighted by atomic mass is 32.1. The number of rotatable bonds is 8. The molecule has 0 aliphatic heterocycles. The highest BCUT2D eigenvalue weighted by Crippen LogP contribution is 2.31. The summed E-state index contributed by atoms with van der Waals surface area (Å²) in [6.45, 7) is -0.347. The summed E-state index contributed by atoms with van der Waals surface area (Å²) in [5.74, 6) is 0.313. The van der Waals surface area contributed by atoms with Crippen LogP contribution in [0.2, 0.25) is 0 Å². The first-order valence-electron chi connectivity index (χ1n) is 9.25. The molecular formula is C21H13N5O5S2. The number of furan rings is 1. The van der Waals surface area contributed by atoms with Crippen LogP contribution in [0.1, 0.15) is 10.6 Å². The van der Waals surface area contributed by atoms with Gasteiger partial charge in [0, 0.05) is 34.7 Å². The second kappa shape index (κ2) is 9.86. The summed E-state index contributed by atoms with van der Waals surface area (Å²) in [5.41, 5.74) is 0.817. The Morgan fingerprint density at radius 1 is 1.36 bits per heavy atom. The topological polar surface area (TPSA) is 144 Å². The number of allylic oxidation sites excluding steroid dienone is 1. The second-order valence-electron chi connectivity index (χ2n) is 6.34. The third-order valence-corrected chi connectivity index (χ3v) is 5.73. The lowest BCUT2D eigenvalue weighted by atomic mass is 10.1. The number of non-ortho nitro benzene ring substituents is 1. The van der Waals surface area contributed by atoms with Crippen LogP contribution in [0.3, 0.4) is 0 Å². The average Bonchev–Trinajstić information content (AvgIpc) is 3.58. The van der Waals surface area contributed by atoms with E-state index in [-0.39, 0.29) is 29.2 Å². The molecule has 0 radical (unpaired) electrons. The van der Waals surface area contributed by atoms with E-state index in [9.17, 15) is 20.2 Å². The Balaban J connectivity index is 1.60. The maximum absolute atomic E-state index is 12.1. The SMILES string of the molecule is N#C/C(=C\c1cc([N+](=O)[O-])ccc1OCC(=O)Nc1nccs1)c1nc(-c2ccco2)cs1. The molecule has 3 heterocycles. The van der Waals surface area contributed by atoms with Gasteiger partial charge < -0.3 is 9.15 Å². The van der Waals surface area contributed by atoms with Gasteiger partial charge in [0.1, 0.15) is 22.5 Å². The summed E-state index contributed by atoms with van der Waals surface area (Å²) < 4.78 is 10.9. The van der Waals surface area contributed by atoms with Crippen molar-refractivity contribution >= 4 is 51.0 Å². The van der Waals surface area contributed by atoms with Crippen molar-refractivity contribution in [1.29, 1.82) is 5.26 Å². The zero-order valence-corrected chi connectivity index (χ0v) is 18.3. The van der Waals surface area contributed by atoms with Gasteiger partial charge in [-0.1, -0.05) is 0 Å². The summed E-state index contributed by atoms with van der Waals surface area (Å²) in [6.07, 6.45) is 4.51. The Labute approximate surface area is 194 Å². The van der Waals surface area contributed by atoms with Crippen molar-refractivity contribution in [3.8, 4) is 23.3 Å². The van der Waals surface area contributed by atoms with E-state index in [4.69, 9.17) is 9.15 Å². The molecular weight excluding hydrogens is 466 g/mol. The Bertz CT molecular complexity index is 1350. The van der Waals surface area contributed by atoms with Gasteiger partial charge >= 0.3 is 0 Å². The molecule has 12 heteroatoms. The van der Waals surface area contributed by atoms with E-state index < -0.39 is 10.8 Å². The maximum atomic E-state index is 12.1. The van der Waals surface area contributed by atoms with Gasteiger partial charge in [0.15, 0.2) is 17.5 Å². The minimum Gasteiger partial charge on any atom is -0.483 e. The van der Waals surface area contributed by atoms with Gasteiger partial charge in [0.05, 0.1) is 16.8 Å². The van der Waals surface area contributed by atoms with Crippen molar-refractivity contribution in [2.45, 2.75) is 0 Å². The van der Waals surface area contributed by atoms with Crippen LogP contribution in [-0.4, -0.2) is 27.4 Å². The first-order chi connectivity index (χ1) is 16.0. The zero-order chi connectivity index (χ0) is 23.2. The van der Waals surface area contributed by atoms with Gasteiger partial charge in [-0.25, -0.2) is 9.97 Å². The van der Waals surface area contributed by atoms with Crippen LogP contribution >= 0.6 is 22.7 Å². The molecule has 1 aromatic carbocycles. The molecule has 4 aromatic rings. The van der Waals surface area contributed by atoms with Crippen LogP contribution in [0.25, 0.3) is 23.1 Å². The minimum atomic E-state index is -0.555. The van der Waals surface area contributed by atoms with Crippen molar-refractivity contribution in [2.24, 2.45) is 0 Å². The lowest BCUT2D eigenvalue weighted by Crippen LogP contribution is -2.20. The molecule has 0 bridgehead atoms. The Hall–Kier alpha value is -4.34. The number of benzene rings is 1. The van der Waals surface area contributed by atoms with Crippen LogP contribution in [0.15, 0.2) is 58.0 Å². The maximum Gasteiger partial charge on any atom is 0.270 e. The number of anilines is 1. The van der Waals surface area contributed by atoms with E-state index in [1.807, 2.05) is 0 Å². The average molecular weight is 479 g/mol. The number of hydrogen-bond acceptors (Lipinski definition) is 10. The molecule has 1 N–H and O–H groups in total. The Morgan fingerprint density at radius 3 is 2.94 bits per heavy atom. The molecule has 1 amide bonds. The highest BCUT2D eigenvalue weighted by molar-refractivity contribution is 7.13. The molecule has 0 saturated heterocycles. The van der Waals surface area contributed by atoms with E-state index in [1.54, 1.807) is 29.1 Å². The number of nitriles is 1. The highest BCUT2D eigenvalue weighted by Gasteiger charge is 2.16. The Morgan fingerprint density at radius 2 is 2.24 bits per heavy atom. The Kier molecular flexibility index (Phi) is 6.53.